The summed E-state index contributed by atoms with van der Waals surface area (Å²) < 4.78 is 0. The number of nitrogen functional groups attached to an aromatic ring is 1. The van der Waals surface area contributed by atoms with Gasteiger partial charge in [-0.2, -0.15) is 9.97 Å². The number of hydrogen-bond donors (Lipinski definition) is 3. The normalized spacial score (nSPS) is 27.6. The van der Waals surface area contributed by atoms with Crippen molar-refractivity contribution in [3.63, 3.8) is 0 Å². The number of nitrogens with zero attached hydrogens (tertiary/aromatic N) is 3. The van der Waals surface area contributed by atoms with Gasteiger partial charge in [0.05, 0.1) is 6.10 Å². The Balaban J connectivity index is 1.84. The maximum absolute atomic E-state index is 9.69. The van der Waals surface area contributed by atoms with E-state index in [-0.39, 0.29) is 18.1 Å². The van der Waals surface area contributed by atoms with Crippen molar-refractivity contribution in [2.45, 2.75) is 44.4 Å². The Hall–Kier alpha value is -1.56. The molecule has 98 valence electrons. The van der Waals surface area contributed by atoms with Gasteiger partial charge in [0, 0.05) is 24.7 Å². The van der Waals surface area contributed by atoms with E-state index in [2.05, 4.69) is 27.1 Å². The van der Waals surface area contributed by atoms with Crippen molar-refractivity contribution < 1.29 is 5.11 Å². The topological polar surface area (TPSA) is 87.3 Å². The van der Waals surface area contributed by atoms with Gasteiger partial charge in [0.15, 0.2) is 0 Å². The summed E-state index contributed by atoms with van der Waals surface area (Å²) in [5.74, 6) is 1.87. The molecule has 6 nitrogen and oxygen atoms in total. The summed E-state index contributed by atoms with van der Waals surface area (Å²) >= 11 is 0. The van der Waals surface area contributed by atoms with E-state index in [1.54, 1.807) is 0 Å². The van der Waals surface area contributed by atoms with E-state index in [1.165, 1.54) is 12.8 Å². The smallest absolute Gasteiger partial charge is 0.223 e. The molecule has 18 heavy (non-hydrogen) atoms. The average molecular weight is 249 g/mol. The van der Waals surface area contributed by atoms with E-state index < -0.39 is 0 Å². The monoisotopic (exact) mass is 249 g/mol. The SMILES string of the molecule is C[C@@H]1C[C@H](O)CN1c1cc(NC2CC2)nc(N)n1. The number of aliphatic hydroxyl groups is 1. The van der Waals surface area contributed by atoms with Crippen molar-refractivity contribution in [1.29, 1.82) is 0 Å². The van der Waals surface area contributed by atoms with Crippen LogP contribution in [0.2, 0.25) is 0 Å². The van der Waals surface area contributed by atoms with E-state index in [9.17, 15) is 5.11 Å². The molecule has 1 aliphatic heterocycles. The van der Waals surface area contributed by atoms with Gasteiger partial charge in [0.1, 0.15) is 11.6 Å². The van der Waals surface area contributed by atoms with Crippen molar-refractivity contribution in [2.75, 3.05) is 22.5 Å². The predicted molar refractivity (Wildman–Crippen MR) is 70.5 cm³/mol. The maximum atomic E-state index is 9.69. The van der Waals surface area contributed by atoms with Crippen LogP contribution < -0.4 is 16.0 Å². The van der Waals surface area contributed by atoms with Crippen LogP contribution in [0.5, 0.6) is 0 Å². The van der Waals surface area contributed by atoms with Gasteiger partial charge < -0.3 is 21.1 Å². The zero-order valence-electron chi connectivity index (χ0n) is 10.5. The third kappa shape index (κ3) is 2.33. The van der Waals surface area contributed by atoms with Gasteiger partial charge in [-0.3, -0.25) is 0 Å². The van der Waals surface area contributed by atoms with Gasteiger partial charge >= 0.3 is 0 Å². The molecule has 0 unspecified atom stereocenters. The minimum absolute atomic E-state index is 0.281. The molecule has 1 aliphatic carbocycles. The fraction of sp³-hybridized carbons (Fsp3) is 0.667. The van der Waals surface area contributed by atoms with Gasteiger partial charge in [-0.1, -0.05) is 0 Å². The van der Waals surface area contributed by atoms with Crippen LogP contribution in [0, 0.1) is 0 Å². The molecular weight excluding hydrogens is 230 g/mol. The summed E-state index contributed by atoms with van der Waals surface area (Å²) in [4.78, 5) is 10.5. The lowest BCUT2D eigenvalue weighted by atomic mass is 10.2. The van der Waals surface area contributed by atoms with Crippen LogP contribution >= 0.6 is 0 Å². The summed E-state index contributed by atoms with van der Waals surface area (Å²) in [6, 6.07) is 2.74. The fourth-order valence-electron chi connectivity index (χ4n) is 2.43. The van der Waals surface area contributed by atoms with E-state index in [4.69, 9.17) is 5.73 Å². The van der Waals surface area contributed by atoms with Gasteiger partial charge in [0.2, 0.25) is 5.95 Å². The molecule has 0 radical (unpaired) electrons. The van der Waals surface area contributed by atoms with Crippen LogP contribution in [0.1, 0.15) is 26.2 Å². The molecule has 4 N–H and O–H groups in total. The summed E-state index contributed by atoms with van der Waals surface area (Å²) in [5, 5.41) is 13.0. The third-order valence-electron chi connectivity index (χ3n) is 3.51. The first-order valence-electron chi connectivity index (χ1n) is 6.47. The van der Waals surface area contributed by atoms with E-state index >= 15 is 0 Å². The lowest BCUT2D eigenvalue weighted by molar-refractivity contribution is 0.195. The zero-order chi connectivity index (χ0) is 12.7. The van der Waals surface area contributed by atoms with Crippen LogP contribution in [0.15, 0.2) is 6.07 Å². The quantitative estimate of drug-likeness (QED) is 0.727. The Morgan fingerprint density at radius 1 is 1.44 bits per heavy atom. The molecule has 2 heterocycles. The van der Waals surface area contributed by atoms with Crippen molar-refractivity contribution in [1.82, 2.24) is 9.97 Å². The van der Waals surface area contributed by atoms with Crippen molar-refractivity contribution in [3.8, 4) is 0 Å². The number of aromatic nitrogens is 2. The summed E-state index contributed by atoms with van der Waals surface area (Å²) in [6.45, 7) is 2.70. The molecule has 0 amide bonds. The first-order chi connectivity index (χ1) is 8.61. The van der Waals surface area contributed by atoms with Crippen molar-refractivity contribution >= 4 is 17.6 Å². The lowest BCUT2D eigenvalue weighted by Crippen LogP contribution is -2.28. The molecule has 2 atom stereocenters. The highest BCUT2D eigenvalue weighted by atomic mass is 16.3. The Labute approximate surface area is 106 Å². The largest absolute Gasteiger partial charge is 0.391 e. The van der Waals surface area contributed by atoms with E-state index in [0.717, 1.165) is 18.1 Å². The first kappa shape index (κ1) is 11.5. The van der Waals surface area contributed by atoms with Gasteiger partial charge in [0.25, 0.3) is 0 Å². The van der Waals surface area contributed by atoms with Gasteiger partial charge in [-0.15, -0.1) is 0 Å². The summed E-state index contributed by atoms with van der Waals surface area (Å²) in [6.07, 6.45) is 2.88. The number of anilines is 3. The van der Waals surface area contributed by atoms with Crippen LogP contribution in [0.3, 0.4) is 0 Å². The molecule has 0 spiro atoms. The fourth-order valence-corrected chi connectivity index (χ4v) is 2.43. The van der Waals surface area contributed by atoms with Gasteiger partial charge in [-0.05, 0) is 26.2 Å². The standard InChI is InChI=1S/C12H19N5O/c1-7-4-9(18)6-17(7)11-5-10(14-8-2-3-8)15-12(13)16-11/h5,7-9,18H,2-4,6H2,1H3,(H3,13,14,15,16)/t7-,9+/m1/s1. The Kier molecular flexibility index (Phi) is 2.74. The molecule has 0 aromatic carbocycles. The highest BCUT2D eigenvalue weighted by Gasteiger charge is 2.29. The van der Waals surface area contributed by atoms with Crippen molar-refractivity contribution in [3.05, 3.63) is 6.07 Å². The number of rotatable bonds is 3. The molecule has 1 aromatic rings. The first-order valence-corrected chi connectivity index (χ1v) is 6.47. The molecule has 2 aliphatic rings. The second-order valence-electron chi connectivity index (χ2n) is 5.28. The predicted octanol–water partition coefficient (Wildman–Crippen LogP) is 0.593. The highest BCUT2D eigenvalue weighted by Crippen LogP contribution is 2.28. The number of nitrogens with one attached hydrogen (secondary N) is 1. The minimum atomic E-state index is -0.281. The summed E-state index contributed by atoms with van der Waals surface area (Å²) in [7, 11) is 0. The second-order valence-corrected chi connectivity index (χ2v) is 5.28. The minimum Gasteiger partial charge on any atom is -0.391 e. The number of nitrogens with two attached hydrogens (primary N) is 1. The lowest BCUT2D eigenvalue weighted by Gasteiger charge is -2.22. The Morgan fingerprint density at radius 3 is 2.83 bits per heavy atom. The van der Waals surface area contributed by atoms with Crippen LogP contribution in [-0.4, -0.2) is 39.8 Å². The molecule has 1 saturated carbocycles. The molecule has 0 bridgehead atoms. The number of hydrogen-bond acceptors (Lipinski definition) is 6. The number of aliphatic hydroxyl groups excluding tert-OH is 1. The molecule has 2 fully saturated rings. The average Bonchev–Trinajstić information content (AvgIpc) is 3.02. The van der Waals surface area contributed by atoms with Crippen molar-refractivity contribution in [2.24, 2.45) is 0 Å². The Morgan fingerprint density at radius 2 is 2.22 bits per heavy atom. The van der Waals surface area contributed by atoms with Crippen LogP contribution in [0.25, 0.3) is 0 Å². The highest BCUT2D eigenvalue weighted by molar-refractivity contribution is 5.54. The molecule has 1 saturated heterocycles. The van der Waals surface area contributed by atoms with Crippen LogP contribution in [0.4, 0.5) is 17.6 Å². The molecule has 6 heteroatoms. The van der Waals surface area contributed by atoms with E-state index in [1.807, 2.05) is 6.07 Å². The zero-order valence-corrected chi connectivity index (χ0v) is 10.5. The van der Waals surface area contributed by atoms with Gasteiger partial charge in [-0.25, -0.2) is 0 Å². The summed E-state index contributed by atoms with van der Waals surface area (Å²) in [5.41, 5.74) is 5.75. The maximum Gasteiger partial charge on any atom is 0.223 e. The Bertz CT molecular complexity index is 448. The van der Waals surface area contributed by atoms with Crippen LogP contribution in [-0.2, 0) is 0 Å². The second kappa shape index (κ2) is 4.28. The number of β-amino-alcohol motifs (C(OH)–C–C–N with tert-alkyl or cyclic N) is 1. The molecule has 1 aromatic heterocycles. The third-order valence-corrected chi connectivity index (χ3v) is 3.51. The van der Waals surface area contributed by atoms with E-state index in [0.29, 0.717) is 12.6 Å². The molecule has 3 rings (SSSR count). The molecular formula is C12H19N5O.